The zero-order chi connectivity index (χ0) is 21.1. The Labute approximate surface area is 159 Å². The lowest BCUT2D eigenvalue weighted by Gasteiger charge is -2.30. The quantitative estimate of drug-likeness (QED) is 0.380. The molecule has 2 rings (SSSR count). The van der Waals surface area contributed by atoms with Gasteiger partial charge in [-0.05, 0) is 48.4 Å². The minimum Gasteiger partial charge on any atom is -0.396 e. The van der Waals surface area contributed by atoms with Crippen LogP contribution in [0.4, 0.5) is 32.0 Å². The first-order valence-electron chi connectivity index (χ1n) is 9.15. The predicted octanol–water partition coefficient (Wildman–Crippen LogP) is 5.55. The maximum atomic E-state index is 13.4. The number of amidine groups is 1. The summed E-state index contributed by atoms with van der Waals surface area (Å²) in [7, 11) is 0. The van der Waals surface area contributed by atoms with Crippen LogP contribution in [0.2, 0.25) is 0 Å². The summed E-state index contributed by atoms with van der Waals surface area (Å²) in [5, 5.41) is 9.76. The first-order valence-corrected chi connectivity index (χ1v) is 9.15. The number of nitrogens with two attached hydrogens (primary N) is 1. The van der Waals surface area contributed by atoms with Gasteiger partial charge in [0.2, 0.25) is 5.84 Å². The third-order valence-corrected chi connectivity index (χ3v) is 5.20. The highest BCUT2D eigenvalue weighted by Crippen LogP contribution is 2.41. The van der Waals surface area contributed by atoms with Gasteiger partial charge in [0.25, 0.3) is 0 Å². The number of hydrogen-bond acceptors (Lipinski definition) is 2. The van der Waals surface area contributed by atoms with Crippen LogP contribution in [-0.2, 0) is 6.18 Å². The van der Waals surface area contributed by atoms with E-state index in [1.807, 2.05) is 0 Å². The van der Waals surface area contributed by atoms with Crippen molar-refractivity contribution in [1.29, 1.82) is 0 Å². The maximum Gasteiger partial charge on any atom is 0.448 e. The van der Waals surface area contributed by atoms with Gasteiger partial charge in [0.1, 0.15) is 0 Å². The standard InChI is InChI=1S/C19H24F6N2O/c1-11-3-2-4-12(7-11)8-13(10-28)15-9-14(27-17(26)19(23,24)25)5-6-16(15)18(20,21)22/h5-6,9,11-13,28H,2-4,7-8,10H2,1H3,(H2,26,27). The molecule has 9 heteroatoms. The van der Waals surface area contributed by atoms with E-state index in [4.69, 9.17) is 5.73 Å². The third kappa shape index (κ3) is 5.86. The number of aliphatic imine (C=N–C) groups is 1. The molecule has 1 aliphatic rings. The first kappa shape index (κ1) is 22.5. The van der Waals surface area contributed by atoms with Crippen LogP contribution in [0.1, 0.15) is 56.1 Å². The number of alkyl halides is 6. The Balaban J connectivity index is 2.40. The van der Waals surface area contributed by atoms with Crippen LogP contribution < -0.4 is 5.73 Å². The average molecular weight is 410 g/mol. The Morgan fingerprint density at radius 2 is 1.89 bits per heavy atom. The van der Waals surface area contributed by atoms with Gasteiger partial charge < -0.3 is 10.8 Å². The topological polar surface area (TPSA) is 58.6 Å². The zero-order valence-electron chi connectivity index (χ0n) is 15.4. The summed E-state index contributed by atoms with van der Waals surface area (Å²) >= 11 is 0. The molecular weight excluding hydrogens is 386 g/mol. The van der Waals surface area contributed by atoms with E-state index in [1.54, 1.807) is 0 Å². The van der Waals surface area contributed by atoms with Crippen LogP contribution >= 0.6 is 0 Å². The Hall–Kier alpha value is -1.77. The Bertz CT molecular complexity index is 699. The lowest BCUT2D eigenvalue weighted by atomic mass is 9.76. The van der Waals surface area contributed by atoms with Crippen molar-refractivity contribution in [1.82, 2.24) is 0 Å². The minimum atomic E-state index is -4.88. The third-order valence-electron chi connectivity index (χ3n) is 5.20. The maximum absolute atomic E-state index is 13.4. The van der Waals surface area contributed by atoms with Gasteiger partial charge in [0.05, 0.1) is 11.3 Å². The number of aliphatic hydroxyl groups is 1. The van der Waals surface area contributed by atoms with Crippen LogP contribution in [0.5, 0.6) is 0 Å². The summed E-state index contributed by atoms with van der Waals surface area (Å²) in [6.07, 6.45) is -5.47. The molecule has 0 saturated heterocycles. The van der Waals surface area contributed by atoms with Gasteiger partial charge in [-0.15, -0.1) is 0 Å². The molecule has 0 bridgehead atoms. The van der Waals surface area contributed by atoms with E-state index in [-0.39, 0.29) is 17.2 Å². The van der Waals surface area contributed by atoms with Gasteiger partial charge >= 0.3 is 12.4 Å². The predicted molar refractivity (Wildman–Crippen MR) is 94.3 cm³/mol. The molecule has 0 aliphatic heterocycles. The molecular formula is C19H24F6N2O. The van der Waals surface area contributed by atoms with E-state index < -0.39 is 36.3 Å². The molecule has 0 heterocycles. The molecule has 1 aromatic carbocycles. The molecule has 3 N–H and O–H groups in total. The Morgan fingerprint density at radius 1 is 1.21 bits per heavy atom. The summed E-state index contributed by atoms with van der Waals surface area (Å²) < 4.78 is 78.1. The molecule has 0 radical (unpaired) electrons. The molecule has 1 aromatic rings. The van der Waals surface area contributed by atoms with E-state index in [2.05, 4.69) is 11.9 Å². The molecule has 158 valence electrons. The van der Waals surface area contributed by atoms with E-state index in [9.17, 15) is 31.4 Å². The lowest BCUT2D eigenvalue weighted by molar-refractivity contribution is -0.138. The summed E-state index contributed by atoms with van der Waals surface area (Å²) in [6, 6.07) is 2.50. The van der Waals surface area contributed by atoms with Crippen molar-refractivity contribution in [3.8, 4) is 0 Å². The second-order valence-electron chi connectivity index (χ2n) is 7.52. The number of rotatable bonds is 5. The fourth-order valence-electron chi connectivity index (χ4n) is 3.89. The normalized spacial score (nSPS) is 22.9. The number of hydrogen-bond donors (Lipinski definition) is 2. The van der Waals surface area contributed by atoms with Crippen molar-refractivity contribution >= 4 is 11.5 Å². The number of aliphatic hydroxyl groups excluding tert-OH is 1. The van der Waals surface area contributed by atoms with Crippen LogP contribution in [-0.4, -0.2) is 23.7 Å². The van der Waals surface area contributed by atoms with Crippen molar-refractivity contribution in [3.05, 3.63) is 29.3 Å². The van der Waals surface area contributed by atoms with Crippen molar-refractivity contribution in [2.24, 2.45) is 22.6 Å². The van der Waals surface area contributed by atoms with Crippen molar-refractivity contribution in [3.63, 3.8) is 0 Å². The summed E-state index contributed by atoms with van der Waals surface area (Å²) in [4.78, 5) is 3.21. The second-order valence-corrected chi connectivity index (χ2v) is 7.52. The van der Waals surface area contributed by atoms with Crippen molar-refractivity contribution in [2.45, 2.75) is 57.3 Å². The monoisotopic (exact) mass is 410 g/mol. The van der Waals surface area contributed by atoms with Gasteiger partial charge in [-0.2, -0.15) is 26.3 Å². The largest absolute Gasteiger partial charge is 0.448 e. The average Bonchev–Trinajstić information content (AvgIpc) is 2.58. The zero-order valence-corrected chi connectivity index (χ0v) is 15.4. The van der Waals surface area contributed by atoms with E-state index in [1.165, 1.54) is 0 Å². The molecule has 1 saturated carbocycles. The SMILES string of the molecule is CC1CCCC(CC(CO)c2cc(N=C(N)C(F)(F)F)ccc2C(F)(F)F)C1. The van der Waals surface area contributed by atoms with Gasteiger partial charge in [-0.1, -0.05) is 26.2 Å². The Morgan fingerprint density at radius 3 is 2.43 bits per heavy atom. The Kier molecular flexibility index (Phi) is 7.01. The van der Waals surface area contributed by atoms with Gasteiger partial charge in [0.15, 0.2) is 0 Å². The smallest absolute Gasteiger partial charge is 0.396 e. The highest BCUT2D eigenvalue weighted by molar-refractivity contribution is 5.88. The highest BCUT2D eigenvalue weighted by atomic mass is 19.4. The fraction of sp³-hybridized carbons (Fsp3) is 0.632. The second kappa shape index (κ2) is 8.71. The van der Waals surface area contributed by atoms with E-state index in [0.717, 1.165) is 37.8 Å². The molecule has 3 atom stereocenters. The highest BCUT2D eigenvalue weighted by Gasteiger charge is 2.37. The summed E-state index contributed by atoms with van der Waals surface area (Å²) in [6.45, 7) is 1.55. The molecule has 0 spiro atoms. The number of nitrogens with zero attached hydrogens (tertiary/aromatic N) is 1. The summed E-state index contributed by atoms with van der Waals surface area (Å²) in [5.41, 5.74) is 3.34. The van der Waals surface area contributed by atoms with Crippen LogP contribution in [0, 0.1) is 11.8 Å². The molecule has 1 fully saturated rings. The fourth-order valence-corrected chi connectivity index (χ4v) is 3.89. The molecule has 3 unspecified atom stereocenters. The van der Waals surface area contributed by atoms with Gasteiger partial charge in [-0.3, -0.25) is 0 Å². The molecule has 28 heavy (non-hydrogen) atoms. The van der Waals surface area contributed by atoms with E-state index >= 15 is 0 Å². The van der Waals surface area contributed by atoms with Crippen LogP contribution in [0.3, 0.4) is 0 Å². The number of benzene rings is 1. The van der Waals surface area contributed by atoms with E-state index in [0.29, 0.717) is 18.4 Å². The molecule has 3 nitrogen and oxygen atoms in total. The van der Waals surface area contributed by atoms with Gasteiger partial charge in [-0.25, -0.2) is 4.99 Å². The lowest BCUT2D eigenvalue weighted by Crippen LogP contribution is -2.30. The first-order chi connectivity index (χ1) is 12.9. The molecule has 1 aliphatic carbocycles. The number of halogens is 6. The van der Waals surface area contributed by atoms with Crippen molar-refractivity contribution < 1.29 is 31.4 Å². The van der Waals surface area contributed by atoms with Crippen molar-refractivity contribution in [2.75, 3.05) is 6.61 Å². The molecule has 0 aromatic heterocycles. The summed E-state index contributed by atoms with van der Waals surface area (Å²) in [5.74, 6) is -1.86. The minimum absolute atomic E-state index is 0.161. The van der Waals surface area contributed by atoms with Crippen LogP contribution in [0.15, 0.2) is 23.2 Å². The molecule has 0 amide bonds. The van der Waals surface area contributed by atoms with Crippen LogP contribution in [0.25, 0.3) is 0 Å². The van der Waals surface area contributed by atoms with Gasteiger partial charge in [0, 0.05) is 12.5 Å².